The smallest absolute Gasteiger partial charge is 0.387 e. The molecule has 0 fully saturated rings. The van der Waals surface area contributed by atoms with E-state index in [2.05, 4.69) is 14.8 Å². The van der Waals surface area contributed by atoms with E-state index in [1.807, 2.05) is 0 Å². The van der Waals surface area contributed by atoms with Gasteiger partial charge in [0.2, 0.25) is 0 Å². The maximum Gasteiger partial charge on any atom is 0.387 e. The van der Waals surface area contributed by atoms with Gasteiger partial charge in [-0.25, -0.2) is 4.79 Å². The number of hydrogen-bond acceptors (Lipinski definition) is 7. The number of anilines is 1. The Morgan fingerprint density at radius 2 is 1.79 bits per heavy atom. The van der Waals surface area contributed by atoms with Gasteiger partial charge in [0, 0.05) is 6.07 Å². The molecule has 154 valence electrons. The Hall–Kier alpha value is -3.76. The molecule has 1 atom stereocenters. The third-order valence-electron chi connectivity index (χ3n) is 3.61. The number of carbonyl (C=O) groups is 2. The minimum absolute atomic E-state index is 0.0243. The van der Waals surface area contributed by atoms with Crippen molar-refractivity contribution >= 4 is 23.3 Å². The predicted molar refractivity (Wildman–Crippen MR) is 96.2 cm³/mol. The summed E-state index contributed by atoms with van der Waals surface area (Å²) in [5.41, 5.74) is -0.639. The topological polar surface area (TPSA) is 117 Å². The fourth-order valence-corrected chi connectivity index (χ4v) is 2.25. The van der Waals surface area contributed by atoms with Gasteiger partial charge in [0.1, 0.15) is 5.75 Å². The second kappa shape index (κ2) is 9.44. The Bertz CT molecular complexity index is 921. The molecule has 0 aliphatic carbocycles. The van der Waals surface area contributed by atoms with E-state index in [-0.39, 0.29) is 22.7 Å². The lowest BCUT2D eigenvalue weighted by Gasteiger charge is -2.16. The first-order chi connectivity index (χ1) is 13.7. The second-order valence-electron chi connectivity index (χ2n) is 5.56. The van der Waals surface area contributed by atoms with Gasteiger partial charge in [0.05, 0.1) is 23.3 Å². The summed E-state index contributed by atoms with van der Waals surface area (Å²) < 4.78 is 39.1. The van der Waals surface area contributed by atoms with Crippen LogP contribution in [0.15, 0.2) is 42.5 Å². The number of esters is 1. The Labute approximate surface area is 163 Å². The molecular formula is C18H16F2N2O7. The maximum atomic E-state index is 12.5. The van der Waals surface area contributed by atoms with Crippen LogP contribution in [0.25, 0.3) is 0 Å². The number of carbonyl (C=O) groups excluding carboxylic acids is 2. The molecule has 29 heavy (non-hydrogen) atoms. The summed E-state index contributed by atoms with van der Waals surface area (Å²) in [6.45, 7) is -1.78. The molecule has 0 aliphatic rings. The molecule has 1 N–H and O–H groups in total. The number of amides is 1. The van der Waals surface area contributed by atoms with Crippen molar-refractivity contribution in [3.8, 4) is 11.5 Å². The monoisotopic (exact) mass is 410 g/mol. The fourth-order valence-electron chi connectivity index (χ4n) is 2.25. The van der Waals surface area contributed by atoms with E-state index in [1.54, 1.807) is 0 Å². The molecule has 0 heterocycles. The van der Waals surface area contributed by atoms with Crippen LogP contribution in [0, 0.1) is 10.1 Å². The van der Waals surface area contributed by atoms with E-state index >= 15 is 0 Å². The molecular weight excluding hydrogens is 394 g/mol. The number of nitro benzene ring substituents is 1. The molecule has 0 saturated heterocycles. The molecule has 0 aromatic heterocycles. The first kappa shape index (κ1) is 21.5. The standard InChI is InChI=1S/C18H16F2N2O7/c1-10(16(23)21-12-5-3-4-6-14(12)29-18(19)20)28-15-8-7-11(17(24)27-2)9-13(15)22(25)26/h3-10,18H,1-2H3,(H,21,23)/t10-/m0/s1. The van der Waals surface area contributed by atoms with Gasteiger partial charge in [-0.3, -0.25) is 14.9 Å². The van der Waals surface area contributed by atoms with Crippen molar-refractivity contribution in [2.75, 3.05) is 12.4 Å². The number of para-hydroxylation sites is 2. The zero-order valence-electron chi connectivity index (χ0n) is 15.3. The minimum atomic E-state index is -3.09. The molecule has 0 unspecified atom stereocenters. The number of rotatable bonds is 8. The molecule has 0 aliphatic heterocycles. The number of alkyl halides is 2. The molecule has 0 saturated carbocycles. The average molecular weight is 410 g/mol. The molecule has 2 rings (SSSR count). The Morgan fingerprint density at radius 1 is 1.10 bits per heavy atom. The molecule has 2 aromatic rings. The van der Waals surface area contributed by atoms with Crippen LogP contribution < -0.4 is 14.8 Å². The van der Waals surface area contributed by atoms with E-state index in [0.717, 1.165) is 19.2 Å². The lowest BCUT2D eigenvalue weighted by Crippen LogP contribution is -2.30. The molecule has 11 heteroatoms. The van der Waals surface area contributed by atoms with Gasteiger partial charge in [-0.05, 0) is 31.2 Å². The third kappa shape index (κ3) is 5.61. The van der Waals surface area contributed by atoms with Crippen molar-refractivity contribution in [1.82, 2.24) is 0 Å². The van der Waals surface area contributed by atoms with Crippen LogP contribution in [0.3, 0.4) is 0 Å². The van der Waals surface area contributed by atoms with Crippen molar-refractivity contribution in [3.05, 3.63) is 58.1 Å². The highest BCUT2D eigenvalue weighted by molar-refractivity contribution is 5.95. The van der Waals surface area contributed by atoms with E-state index in [1.165, 1.54) is 37.3 Å². The zero-order chi connectivity index (χ0) is 21.6. The second-order valence-corrected chi connectivity index (χ2v) is 5.56. The van der Waals surface area contributed by atoms with Crippen molar-refractivity contribution < 1.29 is 37.5 Å². The molecule has 1 amide bonds. The Balaban J connectivity index is 2.18. The summed E-state index contributed by atoms with van der Waals surface area (Å²) in [4.78, 5) is 34.3. The van der Waals surface area contributed by atoms with Gasteiger partial charge in [-0.1, -0.05) is 12.1 Å². The van der Waals surface area contributed by atoms with Crippen LogP contribution >= 0.6 is 0 Å². The Kier molecular flexibility index (Phi) is 7.01. The lowest BCUT2D eigenvalue weighted by atomic mass is 10.2. The van der Waals surface area contributed by atoms with Crippen LogP contribution in [0.5, 0.6) is 11.5 Å². The van der Waals surface area contributed by atoms with Gasteiger partial charge in [0.15, 0.2) is 11.9 Å². The fraction of sp³-hybridized carbons (Fsp3) is 0.222. The van der Waals surface area contributed by atoms with Crippen molar-refractivity contribution in [2.45, 2.75) is 19.6 Å². The molecule has 0 radical (unpaired) electrons. The summed E-state index contributed by atoms with van der Waals surface area (Å²) in [5, 5.41) is 13.6. The van der Waals surface area contributed by atoms with Crippen LogP contribution in [0.4, 0.5) is 20.2 Å². The quantitative estimate of drug-likeness (QED) is 0.403. The minimum Gasteiger partial charge on any atom is -0.474 e. The van der Waals surface area contributed by atoms with Crippen molar-refractivity contribution in [3.63, 3.8) is 0 Å². The highest BCUT2D eigenvalue weighted by Gasteiger charge is 2.24. The largest absolute Gasteiger partial charge is 0.474 e. The van der Waals surface area contributed by atoms with Gasteiger partial charge in [-0.15, -0.1) is 0 Å². The highest BCUT2D eigenvalue weighted by atomic mass is 19.3. The van der Waals surface area contributed by atoms with Gasteiger partial charge >= 0.3 is 18.3 Å². The van der Waals surface area contributed by atoms with Gasteiger partial charge < -0.3 is 19.5 Å². The molecule has 0 spiro atoms. The maximum absolute atomic E-state index is 12.5. The number of halogens is 2. The van der Waals surface area contributed by atoms with Crippen LogP contribution in [-0.2, 0) is 9.53 Å². The number of hydrogen-bond donors (Lipinski definition) is 1. The number of nitrogens with zero attached hydrogens (tertiary/aromatic N) is 1. The van der Waals surface area contributed by atoms with Crippen LogP contribution in [0.1, 0.15) is 17.3 Å². The zero-order valence-corrected chi connectivity index (χ0v) is 15.3. The number of ether oxygens (including phenoxy) is 3. The highest BCUT2D eigenvalue weighted by Crippen LogP contribution is 2.30. The normalized spacial score (nSPS) is 11.5. The van der Waals surface area contributed by atoms with Gasteiger partial charge in [-0.2, -0.15) is 8.78 Å². The van der Waals surface area contributed by atoms with E-state index in [4.69, 9.17) is 4.74 Å². The Morgan fingerprint density at radius 3 is 2.41 bits per heavy atom. The molecule has 0 bridgehead atoms. The van der Waals surface area contributed by atoms with Crippen LogP contribution in [-0.4, -0.2) is 36.6 Å². The lowest BCUT2D eigenvalue weighted by molar-refractivity contribution is -0.386. The predicted octanol–water partition coefficient (Wildman–Crippen LogP) is 3.39. The number of nitro groups is 1. The molecule has 2 aromatic carbocycles. The number of nitrogens with one attached hydrogen (secondary N) is 1. The van der Waals surface area contributed by atoms with E-state index in [9.17, 15) is 28.5 Å². The molecule has 9 nitrogen and oxygen atoms in total. The number of benzene rings is 2. The van der Waals surface area contributed by atoms with E-state index in [0.29, 0.717) is 0 Å². The van der Waals surface area contributed by atoms with Crippen LogP contribution in [0.2, 0.25) is 0 Å². The first-order valence-corrected chi connectivity index (χ1v) is 8.11. The number of methoxy groups -OCH3 is 1. The van der Waals surface area contributed by atoms with Crippen molar-refractivity contribution in [2.24, 2.45) is 0 Å². The summed E-state index contributed by atoms with van der Waals surface area (Å²) in [7, 11) is 1.13. The SMILES string of the molecule is COC(=O)c1ccc(O[C@@H](C)C(=O)Nc2ccccc2OC(F)F)c([N+](=O)[O-])c1. The third-order valence-corrected chi connectivity index (χ3v) is 3.61. The summed E-state index contributed by atoms with van der Waals surface area (Å²) in [5.74, 6) is -2.05. The van der Waals surface area contributed by atoms with Crippen molar-refractivity contribution in [1.29, 1.82) is 0 Å². The summed E-state index contributed by atoms with van der Waals surface area (Å²) in [6, 6.07) is 8.87. The van der Waals surface area contributed by atoms with Gasteiger partial charge in [0.25, 0.3) is 5.91 Å². The average Bonchev–Trinajstić information content (AvgIpc) is 2.68. The summed E-state index contributed by atoms with van der Waals surface area (Å²) >= 11 is 0. The summed E-state index contributed by atoms with van der Waals surface area (Å²) in [6.07, 6.45) is -1.24. The van der Waals surface area contributed by atoms with E-state index < -0.39 is 35.2 Å². The first-order valence-electron chi connectivity index (χ1n) is 8.11.